The van der Waals surface area contributed by atoms with Crippen LogP contribution in [0.2, 0.25) is 0 Å². The van der Waals surface area contributed by atoms with Crippen molar-refractivity contribution in [3.63, 3.8) is 0 Å². The van der Waals surface area contributed by atoms with Crippen molar-refractivity contribution in [2.24, 2.45) is 5.73 Å². The standard InChI is InChI=1S/C10H8N2O2/c11-10(13)2-1-8-7-4-6-14-9(7)3-5-12-8/h1-6H,(H2,11,13)/b2-1+. The fourth-order valence-corrected chi connectivity index (χ4v) is 1.21. The van der Waals surface area contributed by atoms with Crippen LogP contribution in [0.15, 0.2) is 35.1 Å². The van der Waals surface area contributed by atoms with Gasteiger partial charge in [0, 0.05) is 17.7 Å². The highest BCUT2D eigenvalue weighted by Crippen LogP contribution is 2.18. The maximum absolute atomic E-state index is 10.5. The molecule has 0 bridgehead atoms. The summed E-state index contributed by atoms with van der Waals surface area (Å²) in [6.45, 7) is 0. The van der Waals surface area contributed by atoms with Gasteiger partial charge in [0.05, 0.1) is 12.0 Å². The quantitative estimate of drug-likeness (QED) is 0.722. The van der Waals surface area contributed by atoms with Gasteiger partial charge >= 0.3 is 0 Å². The van der Waals surface area contributed by atoms with Crippen molar-refractivity contribution in [2.75, 3.05) is 0 Å². The normalized spacial score (nSPS) is 11.1. The first-order valence-electron chi connectivity index (χ1n) is 4.07. The zero-order valence-electron chi connectivity index (χ0n) is 7.31. The number of fused-ring (bicyclic) bond motifs is 1. The van der Waals surface area contributed by atoms with E-state index in [4.69, 9.17) is 10.2 Å². The smallest absolute Gasteiger partial charge is 0.241 e. The third-order valence-corrected chi connectivity index (χ3v) is 1.82. The van der Waals surface area contributed by atoms with Crippen LogP contribution in [0.3, 0.4) is 0 Å². The molecule has 0 aliphatic rings. The van der Waals surface area contributed by atoms with Crippen LogP contribution in [-0.4, -0.2) is 10.9 Å². The fourth-order valence-electron chi connectivity index (χ4n) is 1.21. The third-order valence-electron chi connectivity index (χ3n) is 1.82. The molecule has 14 heavy (non-hydrogen) atoms. The predicted molar refractivity (Wildman–Crippen MR) is 52.2 cm³/mol. The molecular weight excluding hydrogens is 180 g/mol. The van der Waals surface area contributed by atoms with E-state index < -0.39 is 5.91 Å². The van der Waals surface area contributed by atoms with Crippen molar-refractivity contribution in [2.45, 2.75) is 0 Å². The molecular formula is C10H8N2O2. The molecule has 0 aliphatic heterocycles. The molecule has 70 valence electrons. The second-order valence-corrected chi connectivity index (χ2v) is 2.76. The number of nitrogens with zero attached hydrogens (tertiary/aromatic N) is 1. The summed E-state index contributed by atoms with van der Waals surface area (Å²) < 4.78 is 5.18. The number of nitrogens with two attached hydrogens (primary N) is 1. The first-order valence-corrected chi connectivity index (χ1v) is 4.07. The van der Waals surface area contributed by atoms with Gasteiger partial charge in [-0.3, -0.25) is 9.78 Å². The maximum atomic E-state index is 10.5. The molecule has 2 aromatic heterocycles. The Bertz CT molecular complexity index is 500. The highest BCUT2D eigenvalue weighted by Gasteiger charge is 2.01. The van der Waals surface area contributed by atoms with Gasteiger partial charge in [0.25, 0.3) is 0 Å². The zero-order valence-corrected chi connectivity index (χ0v) is 7.31. The number of carbonyl (C=O) groups excluding carboxylic acids is 1. The third kappa shape index (κ3) is 1.50. The van der Waals surface area contributed by atoms with Gasteiger partial charge in [-0.15, -0.1) is 0 Å². The average molecular weight is 188 g/mol. The Hall–Kier alpha value is -2.10. The first kappa shape index (κ1) is 8.50. The Morgan fingerprint density at radius 2 is 2.36 bits per heavy atom. The molecule has 0 atom stereocenters. The molecule has 0 spiro atoms. The SMILES string of the molecule is NC(=O)/C=C/c1nccc2occc12. The molecule has 0 saturated heterocycles. The van der Waals surface area contributed by atoms with Crippen LogP contribution in [0, 0.1) is 0 Å². The van der Waals surface area contributed by atoms with Gasteiger partial charge in [-0.05, 0) is 18.2 Å². The Balaban J connectivity index is 2.51. The van der Waals surface area contributed by atoms with E-state index in [1.165, 1.54) is 6.08 Å². The van der Waals surface area contributed by atoms with Crippen LogP contribution in [0.5, 0.6) is 0 Å². The van der Waals surface area contributed by atoms with Crippen molar-refractivity contribution in [1.29, 1.82) is 0 Å². The lowest BCUT2D eigenvalue weighted by Gasteiger charge is -1.92. The summed E-state index contributed by atoms with van der Waals surface area (Å²) in [5.41, 5.74) is 6.40. The van der Waals surface area contributed by atoms with E-state index in [9.17, 15) is 4.79 Å². The first-order chi connectivity index (χ1) is 6.77. The molecule has 0 radical (unpaired) electrons. The second-order valence-electron chi connectivity index (χ2n) is 2.76. The monoisotopic (exact) mass is 188 g/mol. The summed E-state index contributed by atoms with van der Waals surface area (Å²) in [6, 6.07) is 3.56. The van der Waals surface area contributed by atoms with Gasteiger partial charge in [0.15, 0.2) is 0 Å². The van der Waals surface area contributed by atoms with Gasteiger partial charge in [-0.1, -0.05) is 0 Å². The van der Waals surface area contributed by atoms with E-state index in [0.29, 0.717) is 5.69 Å². The molecule has 0 aromatic carbocycles. The van der Waals surface area contributed by atoms with E-state index in [0.717, 1.165) is 11.0 Å². The lowest BCUT2D eigenvalue weighted by molar-refractivity contribution is -0.113. The minimum atomic E-state index is -0.493. The number of furan rings is 1. The molecule has 4 heteroatoms. The molecule has 0 saturated carbocycles. The summed E-state index contributed by atoms with van der Waals surface area (Å²) in [6.07, 6.45) is 6.04. The van der Waals surface area contributed by atoms with Crippen molar-refractivity contribution < 1.29 is 9.21 Å². The number of primary amides is 1. The summed E-state index contributed by atoms with van der Waals surface area (Å²) in [7, 11) is 0. The maximum Gasteiger partial charge on any atom is 0.241 e. The van der Waals surface area contributed by atoms with Crippen molar-refractivity contribution >= 4 is 23.0 Å². The topological polar surface area (TPSA) is 69.1 Å². The van der Waals surface area contributed by atoms with Crippen LogP contribution >= 0.6 is 0 Å². The molecule has 0 fully saturated rings. The summed E-state index contributed by atoms with van der Waals surface area (Å²) in [5.74, 6) is -0.493. The number of rotatable bonds is 2. The van der Waals surface area contributed by atoms with Gasteiger partial charge < -0.3 is 10.2 Å². The Labute approximate surface area is 80.0 Å². The largest absolute Gasteiger partial charge is 0.464 e. The molecule has 1 amide bonds. The lowest BCUT2D eigenvalue weighted by Crippen LogP contribution is -2.05. The zero-order chi connectivity index (χ0) is 9.97. The van der Waals surface area contributed by atoms with Crippen LogP contribution in [0.4, 0.5) is 0 Å². The minimum absolute atomic E-state index is 0.493. The van der Waals surface area contributed by atoms with E-state index in [1.807, 2.05) is 0 Å². The predicted octanol–water partition coefficient (Wildman–Crippen LogP) is 1.33. The lowest BCUT2D eigenvalue weighted by atomic mass is 10.2. The molecule has 2 N–H and O–H groups in total. The molecule has 2 rings (SSSR count). The van der Waals surface area contributed by atoms with E-state index in [-0.39, 0.29) is 0 Å². The number of pyridine rings is 1. The average Bonchev–Trinajstić information content (AvgIpc) is 2.62. The summed E-state index contributed by atoms with van der Waals surface area (Å²) in [5, 5.41) is 0.866. The Morgan fingerprint density at radius 3 is 3.14 bits per heavy atom. The number of aromatic nitrogens is 1. The van der Waals surface area contributed by atoms with E-state index >= 15 is 0 Å². The van der Waals surface area contributed by atoms with Gasteiger partial charge in [0.1, 0.15) is 5.58 Å². The molecule has 2 aromatic rings. The van der Waals surface area contributed by atoms with Gasteiger partial charge in [0.2, 0.25) is 5.91 Å². The number of amides is 1. The highest BCUT2D eigenvalue weighted by atomic mass is 16.3. The van der Waals surface area contributed by atoms with Crippen molar-refractivity contribution in [3.8, 4) is 0 Å². The second kappa shape index (κ2) is 3.33. The molecule has 0 unspecified atom stereocenters. The Kier molecular flexibility index (Phi) is 2.02. The van der Waals surface area contributed by atoms with Gasteiger partial charge in [-0.25, -0.2) is 0 Å². The molecule has 0 aliphatic carbocycles. The highest BCUT2D eigenvalue weighted by molar-refractivity contribution is 5.93. The van der Waals surface area contributed by atoms with Crippen LogP contribution in [0.1, 0.15) is 5.69 Å². The van der Waals surface area contributed by atoms with E-state index in [2.05, 4.69) is 4.98 Å². The number of carbonyl (C=O) groups is 1. The Morgan fingerprint density at radius 1 is 1.50 bits per heavy atom. The van der Waals surface area contributed by atoms with Gasteiger partial charge in [-0.2, -0.15) is 0 Å². The van der Waals surface area contributed by atoms with Crippen LogP contribution in [-0.2, 0) is 4.79 Å². The van der Waals surface area contributed by atoms with E-state index in [1.54, 1.807) is 30.7 Å². The van der Waals surface area contributed by atoms with Crippen LogP contribution < -0.4 is 5.73 Å². The minimum Gasteiger partial charge on any atom is -0.464 e. The number of hydrogen-bond donors (Lipinski definition) is 1. The molecule has 4 nitrogen and oxygen atoms in total. The number of hydrogen-bond acceptors (Lipinski definition) is 3. The van der Waals surface area contributed by atoms with Crippen molar-refractivity contribution in [1.82, 2.24) is 4.98 Å². The van der Waals surface area contributed by atoms with Crippen LogP contribution in [0.25, 0.3) is 17.0 Å². The summed E-state index contributed by atoms with van der Waals surface area (Å²) >= 11 is 0. The van der Waals surface area contributed by atoms with Crippen molar-refractivity contribution in [3.05, 3.63) is 36.4 Å². The molecule has 2 heterocycles. The summed E-state index contributed by atoms with van der Waals surface area (Å²) in [4.78, 5) is 14.6. The fraction of sp³-hybridized carbons (Fsp3) is 0.